The van der Waals surface area contributed by atoms with Crippen molar-refractivity contribution >= 4 is 5.91 Å². The van der Waals surface area contributed by atoms with Crippen LogP contribution in [-0.4, -0.2) is 18.7 Å². The fourth-order valence-corrected chi connectivity index (χ4v) is 1.64. The lowest BCUT2D eigenvalue weighted by molar-refractivity contribution is -0.153. The maximum Gasteiger partial charge on any atom is 0.422 e. The Kier molecular flexibility index (Phi) is 5.20. The van der Waals surface area contributed by atoms with Crippen molar-refractivity contribution in [2.75, 3.05) is 6.61 Å². The number of hydrogen-bond acceptors (Lipinski definition) is 2. The summed E-state index contributed by atoms with van der Waals surface area (Å²) in [5, 5.41) is 0. The molecule has 0 radical (unpaired) electrons. The van der Waals surface area contributed by atoms with Gasteiger partial charge in [0.2, 0.25) is 5.91 Å². The second kappa shape index (κ2) is 6.45. The highest BCUT2D eigenvalue weighted by Gasteiger charge is 2.28. The van der Waals surface area contributed by atoms with Crippen LogP contribution in [0.2, 0.25) is 0 Å². The van der Waals surface area contributed by atoms with Crippen LogP contribution in [0.25, 0.3) is 0 Å². The van der Waals surface area contributed by atoms with Crippen molar-refractivity contribution in [3.63, 3.8) is 0 Å². The topological polar surface area (TPSA) is 52.3 Å². The summed E-state index contributed by atoms with van der Waals surface area (Å²) >= 11 is 0. The molecule has 1 rings (SSSR count). The van der Waals surface area contributed by atoms with E-state index in [4.69, 9.17) is 5.73 Å². The van der Waals surface area contributed by atoms with E-state index in [9.17, 15) is 18.0 Å². The highest BCUT2D eigenvalue weighted by molar-refractivity contribution is 5.94. The van der Waals surface area contributed by atoms with Crippen LogP contribution in [0, 0.1) is 0 Å². The first-order valence-corrected chi connectivity index (χ1v) is 5.95. The summed E-state index contributed by atoms with van der Waals surface area (Å²) in [5.41, 5.74) is 6.17. The van der Waals surface area contributed by atoms with Crippen LogP contribution in [0.15, 0.2) is 18.2 Å². The summed E-state index contributed by atoms with van der Waals surface area (Å²) in [7, 11) is 0. The van der Waals surface area contributed by atoms with Crippen LogP contribution in [-0.2, 0) is 6.42 Å². The number of ether oxygens (including phenoxy) is 1. The fourth-order valence-electron chi connectivity index (χ4n) is 1.64. The van der Waals surface area contributed by atoms with E-state index in [2.05, 4.69) is 4.74 Å². The molecule has 2 N–H and O–H groups in total. The molecule has 0 aliphatic rings. The third-order valence-electron chi connectivity index (χ3n) is 2.54. The van der Waals surface area contributed by atoms with Crippen molar-refractivity contribution in [2.45, 2.75) is 32.4 Å². The number of carbonyl (C=O) groups is 1. The van der Waals surface area contributed by atoms with Crippen LogP contribution in [0.3, 0.4) is 0 Å². The van der Waals surface area contributed by atoms with E-state index in [1.807, 2.05) is 6.92 Å². The van der Waals surface area contributed by atoms with Gasteiger partial charge >= 0.3 is 6.18 Å². The molecule has 0 unspecified atom stereocenters. The van der Waals surface area contributed by atoms with E-state index in [0.29, 0.717) is 17.5 Å². The second-order valence-electron chi connectivity index (χ2n) is 4.19. The van der Waals surface area contributed by atoms with Crippen molar-refractivity contribution in [3.05, 3.63) is 29.3 Å². The van der Waals surface area contributed by atoms with Gasteiger partial charge in [-0.3, -0.25) is 4.79 Å². The minimum atomic E-state index is -4.38. The predicted octanol–water partition coefficient (Wildman–Crippen LogP) is 3.07. The molecule has 19 heavy (non-hydrogen) atoms. The van der Waals surface area contributed by atoms with E-state index in [1.165, 1.54) is 18.2 Å². The molecule has 1 aromatic rings. The molecule has 6 heteroatoms. The van der Waals surface area contributed by atoms with Crippen molar-refractivity contribution < 1.29 is 22.7 Å². The van der Waals surface area contributed by atoms with Crippen LogP contribution in [0.1, 0.15) is 35.7 Å². The second-order valence-corrected chi connectivity index (χ2v) is 4.19. The molecule has 0 saturated carbocycles. The predicted molar refractivity (Wildman–Crippen MR) is 65.1 cm³/mol. The Balaban J connectivity index is 2.88. The monoisotopic (exact) mass is 275 g/mol. The van der Waals surface area contributed by atoms with Gasteiger partial charge in [0.25, 0.3) is 0 Å². The third-order valence-corrected chi connectivity index (χ3v) is 2.54. The average Bonchev–Trinajstić information content (AvgIpc) is 2.32. The molecule has 0 aromatic heterocycles. The minimum Gasteiger partial charge on any atom is -0.484 e. The molecule has 0 heterocycles. The smallest absolute Gasteiger partial charge is 0.422 e. The summed E-state index contributed by atoms with van der Waals surface area (Å²) in [5.74, 6) is -0.498. The first kappa shape index (κ1) is 15.3. The molecule has 0 atom stereocenters. The third kappa shape index (κ3) is 5.19. The van der Waals surface area contributed by atoms with Crippen LogP contribution >= 0.6 is 0 Å². The Morgan fingerprint density at radius 2 is 2.05 bits per heavy atom. The van der Waals surface area contributed by atoms with Gasteiger partial charge in [-0.05, 0) is 36.6 Å². The maximum absolute atomic E-state index is 12.1. The number of hydrogen-bond donors (Lipinski definition) is 1. The van der Waals surface area contributed by atoms with Gasteiger partial charge in [-0.25, -0.2) is 0 Å². The van der Waals surface area contributed by atoms with E-state index >= 15 is 0 Å². The van der Waals surface area contributed by atoms with Gasteiger partial charge in [0.05, 0.1) is 0 Å². The number of benzene rings is 1. The highest BCUT2D eigenvalue weighted by Crippen LogP contribution is 2.22. The highest BCUT2D eigenvalue weighted by atomic mass is 19.4. The van der Waals surface area contributed by atoms with Gasteiger partial charge in [0, 0.05) is 5.56 Å². The van der Waals surface area contributed by atoms with Gasteiger partial charge in [-0.15, -0.1) is 0 Å². The molecular weight excluding hydrogens is 259 g/mol. The lowest BCUT2D eigenvalue weighted by atomic mass is 10.0. The molecule has 0 fully saturated rings. The number of nitrogens with two attached hydrogens (primary N) is 1. The number of rotatable bonds is 6. The average molecular weight is 275 g/mol. The van der Waals surface area contributed by atoms with Crippen LogP contribution < -0.4 is 10.5 Å². The number of primary amides is 1. The molecule has 1 amide bonds. The standard InChI is InChI=1S/C13H16F3NO2/c1-2-3-4-9-7-10(19-8-13(14,15)16)5-6-11(9)12(17)18/h5-7H,2-4,8H2,1H3,(H2,17,18). The van der Waals surface area contributed by atoms with E-state index in [0.717, 1.165) is 12.8 Å². The molecule has 3 nitrogen and oxygen atoms in total. The lowest BCUT2D eigenvalue weighted by Crippen LogP contribution is -2.19. The zero-order valence-electron chi connectivity index (χ0n) is 10.6. The van der Waals surface area contributed by atoms with E-state index in [1.54, 1.807) is 0 Å². The Bertz CT molecular complexity index is 444. The van der Waals surface area contributed by atoms with Gasteiger partial charge in [-0.2, -0.15) is 13.2 Å². The summed E-state index contributed by atoms with van der Waals surface area (Å²) in [6.07, 6.45) is -2.07. The quantitative estimate of drug-likeness (QED) is 0.867. The van der Waals surface area contributed by atoms with Crippen molar-refractivity contribution in [1.82, 2.24) is 0 Å². The zero-order valence-corrected chi connectivity index (χ0v) is 10.6. The number of aryl methyl sites for hydroxylation is 1. The number of unbranched alkanes of at least 4 members (excludes halogenated alkanes) is 1. The number of alkyl halides is 3. The molecule has 106 valence electrons. The lowest BCUT2D eigenvalue weighted by Gasteiger charge is -2.12. The largest absolute Gasteiger partial charge is 0.484 e. The van der Waals surface area contributed by atoms with Crippen LogP contribution in [0.4, 0.5) is 13.2 Å². The maximum atomic E-state index is 12.1. The zero-order chi connectivity index (χ0) is 14.5. The summed E-state index contributed by atoms with van der Waals surface area (Å²) in [6, 6.07) is 4.17. The van der Waals surface area contributed by atoms with Gasteiger partial charge in [-0.1, -0.05) is 13.3 Å². The Morgan fingerprint density at radius 1 is 1.37 bits per heavy atom. The molecule has 0 bridgehead atoms. The minimum absolute atomic E-state index is 0.0911. The molecule has 0 aliphatic carbocycles. The van der Waals surface area contributed by atoms with E-state index in [-0.39, 0.29) is 5.75 Å². The number of halogens is 3. The van der Waals surface area contributed by atoms with Crippen molar-refractivity contribution in [3.8, 4) is 5.75 Å². The van der Waals surface area contributed by atoms with Gasteiger partial charge in [0.15, 0.2) is 6.61 Å². The SMILES string of the molecule is CCCCc1cc(OCC(F)(F)F)ccc1C(N)=O. The van der Waals surface area contributed by atoms with Crippen LogP contribution in [0.5, 0.6) is 5.75 Å². The summed E-state index contributed by atoms with van der Waals surface area (Å²) in [6.45, 7) is 0.629. The number of amides is 1. The normalized spacial score (nSPS) is 11.4. The molecule has 0 spiro atoms. The molecule has 0 aliphatic heterocycles. The first-order chi connectivity index (χ1) is 8.83. The molecule has 0 saturated heterocycles. The molecule has 1 aromatic carbocycles. The van der Waals surface area contributed by atoms with Crippen molar-refractivity contribution in [2.24, 2.45) is 5.73 Å². The number of carbonyl (C=O) groups excluding carboxylic acids is 1. The summed E-state index contributed by atoms with van der Waals surface area (Å²) in [4.78, 5) is 11.2. The Morgan fingerprint density at radius 3 is 2.58 bits per heavy atom. The first-order valence-electron chi connectivity index (χ1n) is 5.95. The van der Waals surface area contributed by atoms with Crippen molar-refractivity contribution in [1.29, 1.82) is 0 Å². The molecular formula is C13H16F3NO2. The Hall–Kier alpha value is -1.72. The van der Waals surface area contributed by atoms with Gasteiger partial charge < -0.3 is 10.5 Å². The van der Waals surface area contributed by atoms with E-state index < -0.39 is 18.7 Å². The Labute approximate surface area is 109 Å². The summed E-state index contributed by atoms with van der Waals surface area (Å²) < 4.78 is 40.8. The fraction of sp³-hybridized carbons (Fsp3) is 0.462. The van der Waals surface area contributed by atoms with Gasteiger partial charge in [0.1, 0.15) is 5.75 Å².